The highest BCUT2D eigenvalue weighted by molar-refractivity contribution is 6.00. The van der Waals surface area contributed by atoms with Crippen LogP contribution in [0.4, 0.5) is 5.69 Å². The van der Waals surface area contributed by atoms with Gasteiger partial charge < -0.3 is 24.8 Å². The van der Waals surface area contributed by atoms with Crippen LogP contribution >= 0.6 is 0 Å². The fourth-order valence-corrected chi connectivity index (χ4v) is 1.80. The third-order valence-electron chi connectivity index (χ3n) is 2.93. The number of amides is 1. The van der Waals surface area contributed by atoms with Crippen molar-refractivity contribution in [3.8, 4) is 5.75 Å². The van der Waals surface area contributed by atoms with Crippen LogP contribution in [0.25, 0.3) is 0 Å². The van der Waals surface area contributed by atoms with Gasteiger partial charge >= 0.3 is 0 Å². The Balaban J connectivity index is 2.92. The molecule has 0 aromatic heterocycles. The van der Waals surface area contributed by atoms with E-state index in [-0.39, 0.29) is 5.91 Å². The Morgan fingerprint density at radius 1 is 1.15 bits per heavy atom. The monoisotopic (exact) mass is 282 g/mol. The lowest BCUT2D eigenvalue weighted by molar-refractivity contribution is 0.0628. The maximum atomic E-state index is 12.5. The molecule has 1 aromatic carbocycles. The number of nitrogen functional groups attached to an aromatic ring is 1. The van der Waals surface area contributed by atoms with Gasteiger partial charge in [0.25, 0.3) is 5.91 Å². The van der Waals surface area contributed by atoms with Crippen molar-refractivity contribution in [2.45, 2.75) is 0 Å². The maximum Gasteiger partial charge on any atom is 0.256 e. The van der Waals surface area contributed by atoms with Crippen molar-refractivity contribution >= 4 is 11.6 Å². The molecule has 0 aliphatic carbocycles. The molecule has 1 amide bonds. The van der Waals surface area contributed by atoms with Gasteiger partial charge in [-0.25, -0.2) is 0 Å². The quantitative estimate of drug-likeness (QED) is 0.720. The molecule has 2 N–H and O–H groups in total. The predicted octanol–water partition coefficient (Wildman–Crippen LogP) is 1.01. The minimum absolute atomic E-state index is 0.157. The molecule has 0 heterocycles. The first-order chi connectivity index (χ1) is 9.65. The Hall–Kier alpha value is -1.79. The van der Waals surface area contributed by atoms with Crippen LogP contribution in [0, 0.1) is 0 Å². The van der Waals surface area contributed by atoms with E-state index in [1.54, 1.807) is 37.3 Å². The van der Waals surface area contributed by atoms with Gasteiger partial charge in [0.15, 0.2) is 0 Å². The molecule has 0 saturated carbocycles. The van der Waals surface area contributed by atoms with Gasteiger partial charge in [0.1, 0.15) is 5.75 Å². The van der Waals surface area contributed by atoms with Crippen molar-refractivity contribution in [2.75, 3.05) is 53.4 Å². The van der Waals surface area contributed by atoms with E-state index in [1.807, 2.05) is 0 Å². The van der Waals surface area contributed by atoms with Crippen LogP contribution in [-0.4, -0.2) is 58.4 Å². The molecule has 6 heteroatoms. The van der Waals surface area contributed by atoms with Crippen molar-refractivity contribution in [1.29, 1.82) is 0 Å². The van der Waals surface area contributed by atoms with Crippen LogP contribution < -0.4 is 10.5 Å². The predicted molar refractivity (Wildman–Crippen MR) is 77.1 cm³/mol. The average molecular weight is 282 g/mol. The topological polar surface area (TPSA) is 74.0 Å². The second-order valence-corrected chi connectivity index (χ2v) is 4.20. The molecule has 20 heavy (non-hydrogen) atoms. The fraction of sp³-hybridized carbons (Fsp3) is 0.500. The molecule has 0 spiro atoms. The fourth-order valence-electron chi connectivity index (χ4n) is 1.80. The first-order valence-electron chi connectivity index (χ1n) is 6.35. The molecule has 0 aliphatic heterocycles. The second-order valence-electron chi connectivity index (χ2n) is 4.20. The van der Waals surface area contributed by atoms with E-state index >= 15 is 0 Å². The molecule has 0 bridgehead atoms. The molecule has 0 fully saturated rings. The zero-order valence-corrected chi connectivity index (χ0v) is 12.2. The number of hydrogen-bond donors (Lipinski definition) is 1. The number of carbonyl (C=O) groups is 1. The van der Waals surface area contributed by atoms with E-state index in [2.05, 4.69) is 0 Å². The summed E-state index contributed by atoms with van der Waals surface area (Å²) in [7, 11) is 4.71. The molecule has 112 valence electrons. The SMILES string of the molecule is COCCN(CCOC)C(=O)c1cccc(OC)c1N. The van der Waals surface area contributed by atoms with Gasteiger partial charge in [0.2, 0.25) is 0 Å². The first kappa shape index (κ1) is 16.3. The van der Waals surface area contributed by atoms with Gasteiger partial charge in [-0.3, -0.25) is 4.79 Å². The average Bonchev–Trinajstić information content (AvgIpc) is 2.47. The van der Waals surface area contributed by atoms with Crippen molar-refractivity contribution < 1.29 is 19.0 Å². The van der Waals surface area contributed by atoms with Gasteiger partial charge in [-0.1, -0.05) is 6.07 Å². The molecule has 6 nitrogen and oxygen atoms in total. The Labute approximate surface area is 119 Å². The molecular weight excluding hydrogens is 260 g/mol. The normalized spacial score (nSPS) is 10.3. The summed E-state index contributed by atoms with van der Waals surface area (Å²) in [5.74, 6) is 0.338. The molecule has 1 rings (SSSR count). The van der Waals surface area contributed by atoms with Crippen molar-refractivity contribution in [3.05, 3.63) is 23.8 Å². The first-order valence-corrected chi connectivity index (χ1v) is 6.35. The van der Waals surface area contributed by atoms with Gasteiger partial charge in [-0.05, 0) is 12.1 Å². The van der Waals surface area contributed by atoms with E-state index in [0.29, 0.717) is 43.3 Å². The molecule has 0 atom stereocenters. The molecule has 0 aliphatic rings. The van der Waals surface area contributed by atoms with Gasteiger partial charge in [0.05, 0.1) is 31.6 Å². The van der Waals surface area contributed by atoms with Crippen LogP contribution in [0.2, 0.25) is 0 Å². The Morgan fingerprint density at radius 3 is 2.25 bits per heavy atom. The highest BCUT2D eigenvalue weighted by atomic mass is 16.5. The van der Waals surface area contributed by atoms with Gasteiger partial charge in [0, 0.05) is 27.3 Å². The summed E-state index contributed by atoms with van der Waals surface area (Å²) < 4.78 is 15.2. The van der Waals surface area contributed by atoms with Crippen LogP contribution in [-0.2, 0) is 9.47 Å². The Bertz CT molecular complexity index is 429. The molecule has 0 saturated heterocycles. The smallest absolute Gasteiger partial charge is 0.256 e. The number of benzene rings is 1. The molecule has 1 aromatic rings. The highest BCUT2D eigenvalue weighted by Gasteiger charge is 2.19. The second kappa shape index (κ2) is 8.39. The zero-order valence-electron chi connectivity index (χ0n) is 12.2. The molecule has 0 radical (unpaired) electrons. The Kier molecular flexibility index (Phi) is 6.83. The van der Waals surface area contributed by atoms with E-state index in [1.165, 1.54) is 7.11 Å². The third-order valence-corrected chi connectivity index (χ3v) is 2.93. The lowest BCUT2D eigenvalue weighted by atomic mass is 10.1. The number of rotatable bonds is 8. The number of carbonyl (C=O) groups excluding carboxylic acids is 1. The highest BCUT2D eigenvalue weighted by Crippen LogP contribution is 2.25. The number of nitrogens with zero attached hydrogens (tertiary/aromatic N) is 1. The lowest BCUT2D eigenvalue weighted by Gasteiger charge is -2.23. The summed E-state index contributed by atoms with van der Waals surface area (Å²) >= 11 is 0. The van der Waals surface area contributed by atoms with Crippen LogP contribution in [0.15, 0.2) is 18.2 Å². The van der Waals surface area contributed by atoms with Gasteiger partial charge in [-0.15, -0.1) is 0 Å². The minimum atomic E-state index is -0.157. The summed E-state index contributed by atoms with van der Waals surface area (Å²) in [5.41, 5.74) is 6.73. The summed E-state index contributed by atoms with van der Waals surface area (Å²) in [6, 6.07) is 5.15. The van der Waals surface area contributed by atoms with Crippen molar-refractivity contribution in [2.24, 2.45) is 0 Å². The third kappa shape index (κ3) is 4.11. The van der Waals surface area contributed by atoms with Crippen LogP contribution in [0.1, 0.15) is 10.4 Å². The minimum Gasteiger partial charge on any atom is -0.495 e. The van der Waals surface area contributed by atoms with Crippen molar-refractivity contribution in [1.82, 2.24) is 4.90 Å². The largest absolute Gasteiger partial charge is 0.495 e. The zero-order chi connectivity index (χ0) is 15.0. The standard InChI is InChI=1S/C14H22N2O4/c1-18-9-7-16(8-10-19-2)14(17)11-5-4-6-12(20-3)13(11)15/h4-6H,7-10,15H2,1-3H3. The Morgan fingerprint density at radius 2 is 1.75 bits per heavy atom. The van der Waals surface area contributed by atoms with Gasteiger partial charge in [-0.2, -0.15) is 0 Å². The van der Waals surface area contributed by atoms with E-state index < -0.39 is 0 Å². The number of nitrogens with two attached hydrogens (primary N) is 1. The molecule has 0 unspecified atom stereocenters. The van der Waals surface area contributed by atoms with E-state index in [4.69, 9.17) is 19.9 Å². The van der Waals surface area contributed by atoms with E-state index in [9.17, 15) is 4.79 Å². The number of anilines is 1. The number of para-hydroxylation sites is 1. The van der Waals surface area contributed by atoms with Crippen LogP contribution in [0.3, 0.4) is 0 Å². The maximum absolute atomic E-state index is 12.5. The summed E-state index contributed by atoms with van der Waals surface area (Å²) in [4.78, 5) is 14.2. The van der Waals surface area contributed by atoms with Crippen molar-refractivity contribution in [3.63, 3.8) is 0 Å². The molecular formula is C14H22N2O4. The summed E-state index contributed by atoms with van der Waals surface area (Å²) in [5, 5.41) is 0. The summed E-state index contributed by atoms with van der Waals surface area (Å²) in [6.07, 6.45) is 0. The van der Waals surface area contributed by atoms with Crippen LogP contribution in [0.5, 0.6) is 5.75 Å². The lowest BCUT2D eigenvalue weighted by Crippen LogP contribution is -2.36. The van der Waals surface area contributed by atoms with E-state index in [0.717, 1.165) is 0 Å². The number of methoxy groups -OCH3 is 3. The summed E-state index contributed by atoms with van der Waals surface area (Å²) in [6.45, 7) is 1.88. The number of ether oxygens (including phenoxy) is 3. The number of hydrogen-bond acceptors (Lipinski definition) is 5.